The number of carbonyl (C=O) groups excluding carboxylic acids is 2. The largest absolute Gasteiger partial charge is 0.337 e. The molecule has 0 unspecified atom stereocenters. The van der Waals surface area contributed by atoms with E-state index in [1.165, 1.54) is 16.2 Å². The number of nitrogens with one attached hydrogen (secondary N) is 1. The quantitative estimate of drug-likeness (QED) is 0.645. The molecular formula is C15H14N2O2S2. The van der Waals surface area contributed by atoms with Gasteiger partial charge in [-0.1, -0.05) is 12.8 Å². The lowest BCUT2D eigenvalue weighted by atomic mass is 9.81. The van der Waals surface area contributed by atoms with Crippen LogP contribution in [0.2, 0.25) is 0 Å². The molecule has 1 aromatic heterocycles. The van der Waals surface area contributed by atoms with Crippen molar-refractivity contribution in [3.63, 3.8) is 0 Å². The molecule has 4 rings (SSSR count). The fraction of sp³-hybridized carbons (Fsp3) is 0.400. The topological polar surface area (TPSA) is 53.2 Å². The van der Waals surface area contributed by atoms with Gasteiger partial charge < -0.3 is 4.98 Å². The third-order valence-electron chi connectivity index (χ3n) is 4.50. The maximum atomic E-state index is 12.6. The van der Waals surface area contributed by atoms with Gasteiger partial charge in [0.2, 0.25) is 11.8 Å². The number of hydrogen-bond donors (Lipinski definition) is 1. The zero-order valence-electron chi connectivity index (χ0n) is 11.3. The molecule has 1 aliphatic carbocycles. The van der Waals surface area contributed by atoms with Crippen molar-refractivity contribution in [2.45, 2.75) is 25.7 Å². The van der Waals surface area contributed by atoms with Gasteiger partial charge in [0.25, 0.3) is 0 Å². The van der Waals surface area contributed by atoms with Crippen LogP contribution in [0, 0.1) is 15.8 Å². The molecule has 2 aliphatic rings. The maximum Gasteiger partial charge on any atom is 0.237 e. The average Bonchev–Trinajstić information content (AvgIpc) is 2.97. The molecule has 6 heteroatoms. The molecule has 1 saturated heterocycles. The van der Waals surface area contributed by atoms with Crippen LogP contribution >= 0.6 is 23.6 Å². The fourth-order valence-corrected chi connectivity index (χ4v) is 4.64. The summed E-state index contributed by atoms with van der Waals surface area (Å²) in [6, 6.07) is 5.60. The number of thiazole rings is 1. The van der Waals surface area contributed by atoms with Crippen LogP contribution in [0.4, 0.5) is 5.69 Å². The minimum atomic E-state index is -0.105. The van der Waals surface area contributed by atoms with E-state index in [1.54, 1.807) is 0 Å². The molecule has 2 atom stereocenters. The third kappa shape index (κ3) is 1.97. The highest BCUT2D eigenvalue weighted by Crippen LogP contribution is 2.40. The Morgan fingerprint density at radius 2 is 1.81 bits per heavy atom. The van der Waals surface area contributed by atoms with E-state index < -0.39 is 0 Å². The van der Waals surface area contributed by atoms with Gasteiger partial charge in [0, 0.05) is 0 Å². The van der Waals surface area contributed by atoms with Crippen LogP contribution in [-0.2, 0) is 9.59 Å². The molecule has 2 fully saturated rings. The Morgan fingerprint density at radius 1 is 1.14 bits per heavy atom. The molecule has 1 aromatic carbocycles. The first kappa shape index (κ1) is 13.2. The van der Waals surface area contributed by atoms with E-state index in [0.717, 1.165) is 35.9 Å². The van der Waals surface area contributed by atoms with Gasteiger partial charge in [-0.15, -0.1) is 11.3 Å². The minimum Gasteiger partial charge on any atom is -0.337 e. The summed E-state index contributed by atoms with van der Waals surface area (Å²) in [7, 11) is 0. The number of carbonyl (C=O) groups is 2. The zero-order valence-corrected chi connectivity index (χ0v) is 12.9. The van der Waals surface area contributed by atoms with Crippen LogP contribution in [0.5, 0.6) is 0 Å². The standard InChI is InChI=1S/C15H14N2O2S2/c18-13-9-3-1-2-4-10(9)14(19)17(13)8-5-6-11-12(7-8)21-15(20)16-11/h5-7,9-10H,1-4H2,(H,16,20)/t9-,10-/m0/s1. The molecule has 1 N–H and O–H groups in total. The van der Waals surface area contributed by atoms with Gasteiger partial charge in [0.05, 0.1) is 27.7 Å². The van der Waals surface area contributed by atoms with Gasteiger partial charge in [-0.2, -0.15) is 0 Å². The fourth-order valence-electron chi connectivity index (χ4n) is 3.49. The number of anilines is 1. The number of fused-ring (bicyclic) bond motifs is 2. The lowest BCUT2D eigenvalue weighted by molar-refractivity contribution is -0.122. The SMILES string of the molecule is O=C1[C@H]2CCCC[C@@H]2C(=O)N1c1ccc2[nH]c(=S)sc2c1. The number of rotatable bonds is 1. The van der Waals surface area contributed by atoms with Crippen molar-refractivity contribution in [3.05, 3.63) is 22.2 Å². The third-order valence-corrected chi connectivity index (χ3v) is 5.70. The minimum absolute atomic E-state index is 0.0248. The molecule has 108 valence electrons. The Kier molecular flexibility index (Phi) is 2.97. The lowest BCUT2D eigenvalue weighted by Gasteiger charge is -2.19. The summed E-state index contributed by atoms with van der Waals surface area (Å²) in [6.07, 6.45) is 3.78. The number of hydrogen-bond acceptors (Lipinski definition) is 4. The van der Waals surface area contributed by atoms with Crippen molar-refractivity contribution in [2.24, 2.45) is 11.8 Å². The molecule has 0 radical (unpaired) electrons. The number of H-pyrrole nitrogens is 1. The Hall–Kier alpha value is -1.53. The van der Waals surface area contributed by atoms with Gasteiger partial charge in [-0.25, -0.2) is 0 Å². The Morgan fingerprint density at radius 3 is 2.48 bits per heavy atom. The van der Waals surface area contributed by atoms with E-state index in [4.69, 9.17) is 12.2 Å². The first-order chi connectivity index (χ1) is 10.1. The highest BCUT2D eigenvalue weighted by molar-refractivity contribution is 7.73. The van der Waals surface area contributed by atoms with Crippen LogP contribution < -0.4 is 4.90 Å². The second kappa shape index (κ2) is 4.74. The molecule has 4 nitrogen and oxygen atoms in total. The zero-order chi connectivity index (χ0) is 14.6. The number of imide groups is 1. The van der Waals surface area contributed by atoms with E-state index in [0.29, 0.717) is 9.64 Å². The van der Waals surface area contributed by atoms with E-state index in [9.17, 15) is 9.59 Å². The van der Waals surface area contributed by atoms with E-state index in [1.807, 2.05) is 18.2 Å². The molecular weight excluding hydrogens is 304 g/mol. The van der Waals surface area contributed by atoms with E-state index in [2.05, 4.69) is 4.98 Å². The molecule has 2 amide bonds. The van der Waals surface area contributed by atoms with E-state index >= 15 is 0 Å². The summed E-state index contributed by atoms with van der Waals surface area (Å²) in [6.45, 7) is 0. The Bertz CT molecular complexity index is 783. The normalized spacial score (nSPS) is 25.6. The van der Waals surface area contributed by atoms with Gasteiger partial charge >= 0.3 is 0 Å². The van der Waals surface area contributed by atoms with Crippen molar-refractivity contribution >= 4 is 51.3 Å². The Balaban J connectivity index is 1.78. The number of benzene rings is 1. The first-order valence-electron chi connectivity index (χ1n) is 7.16. The molecule has 1 saturated carbocycles. The van der Waals surface area contributed by atoms with Crippen molar-refractivity contribution in [2.75, 3.05) is 4.90 Å². The molecule has 0 bridgehead atoms. The van der Waals surface area contributed by atoms with Gasteiger partial charge in [0.1, 0.15) is 0 Å². The van der Waals surface area contributed by atoms with Crippen molar-refractivity contribution in [1.29, 1.82) is 0 Å². The van der Waals surface area contributed by atoms with Crippen LogP contribution in [-0.4, -0.2) is 16.8 Å². The predicted molar refractivity (Wildman–Crippen MR) is 85.0 cm³/mol. The number of aromatic amines is 1. The number of aromatic nitrogens is 1. The smallest absolute Gasteiger partial charge is 0.237 e. The van der Waals surface area contributed by atoms with Crippen molar-refractivity contribution in [1.82, 2.24) is 4.98 Å². The van der Waals surface area contributed by atoms with Crippen LogP contribution in [0.25, 0.3) is 10.2 Å². The predicted octanol–water partition coefficient (Wildman–Crippen LogP) is 3.64. The maximum absolute atomic E-state index is 12.6. The summed E-state index contributed by atoms with van der Waals surface area (Å²) in [4.78, 5) is 29.6. The van der Waals surface area contributed by atoms with Gasteiger partial charge in [-0.05, 0) is 43.3 Å². The van der Waals surface area contributed by atoms with Crippen LogP contribution in [0.1, 0.15) is 25.7 Å². The number of amides is 2. The second-order valence-electron chi connectivity index (χ2n) is 5.70. The van der Waals surface area contributed by atoms with Gasteiger partial charge in [-0.3, -0.25) is 14.5 Å². The lowest BCUT2D eigenvalue weighted by Crippen LogP contribution is -2.30. The molecule has 21 heavy (non-hydrogen) atoms. The van der Waals surface area contributed by atoms with Crippen LogP contribution in [0.15, 0.2) is 18.2 Å². The number of nitrogens with zero attached hydrogens (tertiary/aromatic N) is 1. The van der Waals surface area contributed by atoms with Crippen LogP contribution in [0.3, 0.4) is 0 Å². The molecule has 0 spiro atoms. The summed E-state index contributed by atoms with van der Waals surface area (Å²) in [5.41, 5.74) is 1.63. The average molecular weight is 318 g/mol. The second-order valence-corrected chi connectivity index (χ2v) is 7.42. The summed E-state index contributed by atoms with van der Waals surface area (Å²) >= 11 is 6.60. The monoisotopic (exact) mass is 318 g/mol. The highest BCUT2D eigenvalue weighted by Gasteiger charge is 2.48. The first-order valence-corrected chi connectivity index (χ1v) is 8.38. The van der Waals surface area contributed by atoms with Crippen molar-refractivity contribution < 1.29 is 9.59 Å². The highest BCUT2D eigenvalue weighted by atomic mass is 32.1. The van der Waals surface area contributed by atoms with E-state index in [-0.39, 0.29) is 23.7 Å². The Labute approximate surface area is 130 Å². The molecule has 1 aliphatic heterocycles. The van der Waals surface area contributed by atoms with Gasteiger partial charge in [0.15, 0.2) is 3.95 Å². The summed E-state index contributed by atoms with van der Waals surface area (Å²) in [5.74, 6) is -0.260. The molecule has 2 heterocycles. The molecule has 2 aromatic rings. The summed E-state index contributed by atoms with van der Waals surface area (Å²) in [5, 5.41) is 0. The summed E-state index contributed by atoms with van der Waals surface area (Å²) < 4.78 is 1.68. The van der Waals surface area contributed by atoms with Crippen molar-refractivity contribution in [3.8, 4) is 0 Å².